The summed E-state index contributed by atoms with van der Waals surface area (Å²) in [6.07, 6.45) is 1.66. The SMILES string of the molecule is O=c1c2ccccc2c(C=NCc2ccccc2)c(O)n1Cc1ccccc1. The van der Waals surface area contributed by atoms with E-state index in [-0.39, 0.29) is 11.4 Å². The molecule has 0 radical (unpaired) electrons. The number of hydrogen-bond acceptors (Lipinski definition) is 3. The lowest BCUT2D eigenvalue weighted by Crippen LogP contribution is -2.22. The third-order valence-electron chi connectivity index (χ3n) is 4.71. The molecule has 138 valence electrons. The highest BCUT2D eigenvalue weighted by molar-refractivity contribution is 6.01. The number of rotatable bonds is 5. The Morgan fingerprint density at radius 3 is 2.04 bits per heavy atom. The van der Waals surface area contributed by atoms with Gasteiger partial charge < -0.3 is 5.11 Å². The van der Waals surface area contributed by atoms with Gasteiger partial charge in [0.25, 0.3) is 5.56 Å². The van der Waals surface area contributed by atoms with Crippen molar-refractivity contribution in [3.8, 4) is 5.88 Å². The number of fused-ring (bicyclic) bond motifs is 1. The fourth-order valence-electron chi connectivity index (χ4n) is 3.28. The number of nitrogens with zero attached hydrogens (tertiary/aromatic N) is 2. The van der Waals surface area contributed by atoms with Gasteiger partial charge in [0.05, 0.1) is 18.7 Å². The van der Waals surface area contributed by atoms with Gasteiger partial charge in [0.1, 0.15) is 0 Å². The zero-order valence-corrected chi connectivity index (χ0v) is 15.3. The van der Waals surface area contributed by atoms with E-state index >= 15 is 0 Å². The summed E-state index contributed by atoms with van der Waals surface area (Å²) in [4.78, 5) is 17.5. The molecule has 0 aliphatic heterocycles. The average Bonchev–Trinajstić information content (AvgIpc) is 2.75. The Kier molecular flexibility index (Phi) is 5.02. The van der Waals surface area contributed by atoms with Gasteiger partial charge >= 0.3 is 0 Å². The third kappa shape index (κ3) is 3.58. The minimum absolute atomic E-state index is 0.0654. The molecule has 4 rings (SSSR count). The maximum atomic E-state index is 13.0. The topological polar surface area (TPSA) is 54.6 Å². The average molecular weight is 368 g/mol. The Bertz CT molecular complexity index is 1180. The van der Waals surface area contributed by atoms with Crippen LogP contribution in [-0.2, 0) is 13.1 Å². The number of hydrogen-bond donors (Lipinski definition) is 1. The molecule has 0 spiro atoms. The molecular weight excluding hydrogens is 348 g/mol. The van der Waals surface area contributed by atoms with Crippen LogP contribution in [0.5, 0.6) is 5.88 Å². The Balaban J connectivity index is 1.79. The van der Waals surface area contributed by atoms with Crippen molar-refractivity contribution in [3.05, 3.63) is 112 Å². The molecule has 0 saturated carbocycles. The van der Waals surface area contributed by atoms with Gasteiger partial charge in [-0.15, -0.1) is 0 Å². The molecule has 0 bridgehead atoms. The summed E-state index contributed by atoms with van der Waals surface area (Å²) >= 11 is 0. The minimum atomic E-state index is -0.211. The van der Waals surface area contributed by atoms with Gasteiger partial charge in [-0.2, -0.15) is 0 Å². The zero-order chi connectivity index (χ0) is 19.3. The van der Waals surface area contributed by atoms with Gasteiger partial charge in [-0.1, -0.05) is 78.9 Å². The van der Waals surface area contributed by atoms with Gasteiger partial charge in [-0.3, -0.25) is 14.4 Å². The van der Waals surface area contributed by atoms with Gasteiger partial charge in [-0.05, 0) is 17.2 Å². The highest BCUT2D eigenvalue weighted by Gasteiger charge is 2.15. The van der Waals surface area contributed by atoms with E-state index in [4.69, 9.17) is 0 Å². The van der Waals surface area contributed by atoms with E-state index in [1.807, 2.05) is 78.9 Å². The highest BCUT2D eigenvalue weighted by Crippen LogP contribution is 2.24. The Morgan fingerprint density at radius 2 is 1.36 bits per heavy atom. The van der Waals surface area contributed by atoms with Crippen LogP contribution in [-0.4, -0.2) is 15.9 Å². The maximum absolute atomic E-state index is 13.0. The van der Waals surface area contributed by atoms with Gasteiger partial charge in [-0.25, -0.2) is 0 Å². The molecule has 0 unspecified atom stereocenters. The summed E-state index contributed by atoms with van der Waals surface area (Å²) in [5.41, 5.74) is 2.38. The van der Waals surface area contributed by atoms with Crippen LogP contribution < -0.4 is 5.56 Å². The molecule has 0 saturated heterocycles. The van der Waals surface area contributed by atoms with E-state index in [0.29, 0.717) is 29.4 Å². The number of aromatic nitrogens is 1. The molecule has 0 aliphatic rings. The molecule has 4 heteroatoms. The van der Waals surface area contributed by atoms with Crippen LogP contribution in [0.1, 0.15) is 16.7 Å². The first kappa shape index (κ1) is 17.7. The molecule has 0 amide bonds. The zero-order valence-electron chi connectivity index (χ0n) is 15.3. The molecule has 3 aromatic carbocycles. The fourth-order valence-corrected chi connectivity index (χ4v) is 3.28. The second kappa shape index (κ2) is 7.92. The molecule has 0 atom stereocenters. The van der Waals surface area contributed by atoms with Crippen LogP contribution in [0.15, 0.2) is 94.7 Å². The molecule has 4 nitrogen and oxygen atoms in total. The summed E-state index contributed by atoms with van der Waals surface area (Å²) in [6.45, 7) is 0.808. The minimum Gasteiger partial charge on any atom is -0.494 e. The molecule has 1 aromatic heterocycles. The smallest absolute Gasteiger partial charge is 0.261 e. The maximum Gasteiger partial charge on any atom is 0.261 e. The lowest BCUT2D eigenvalue weighted by Gasteiger charge is -2.13. The van der Waals surface area contributed by atoms with E-state index in [0.717, 1.165) is 11.1 Å². The molecule has 1 heterocycles. The molecule has 0 aliphatic carbocycles. The van der Waals surface area contributed by atoms with Crippen molar-refractivity contribution in [3.63, 3.8) is 0 Å². The predicted molar refractivity (Wildman–Crippen MR) is 113 cm³/mol. The molecule has 4 aromatic rings. The van der Waals surface area contributed by atoms with E-state index in [9.17, 15) is 9.90 Å². The third-order valence-corrected chi connectivity index (χ3v) is 4.71. The lowest BCUT2D eigenvalue weighted by molar-refractivity contribution is 0.416. The summed E-state index contributed by atoms with van der Waals surface area (Å²) < 4.78 is 1.40. The molecule has 1 N–H and O–H groups in total. The van der Waals surface area contributed by atoms with Crippen LogP contribution in [0.3, 0.4) is 0 Å². The van der Waals surface area contributed by atoms with Crippen molar-refractivity contribution < 1.29 is 5.11 Å². The molecular formula is C24H20N2O2. The number of pyridine rings is 1. The van der Waals surface area contributed by atoms with Crippen molar-refractivity contribution >= 4 is 17.0 Å². The van der Waals surface area contributed by atoms with Crippen molar-refractivity contribution in [1.82, 2.24) is 4.57 Å². The Labute approximate surface area is 163 Å². The summed E-state index contributed by atoms with van der Waals surface area (Å²) in [5.74, 6) is -0.0654. The quantitative estimate of drug-likeness (QED) is 0.532. The molecule has 0 fully saturated rings. The molecule has 28 heavy (non-hydrogen) atoms. The normalized spacial score (nSPS) is 11.3. The summed E-state index contributed by atoms with van der Waals surface area (Å²) in [6, 6.07) is 26.9. The van der Waals surface area contributed by atoms with Crippen LogP contribution >= 0.6 is 0 Å². The second-order valence-electron chi connectivity index (χ2n) is 6.62. The van der Waals surface area contributed by atoms with E-state index in [1.165, 1.54) is 4.57 Å². The van der Waals surface area contributed by atoms with Gasteiger partial charge in [0.2, 0.25) is 5.88 Å². The summed E-state index contributed by atoms with van der Waals surface area (Å²) in [5, 5.41) is 12.2. The Hall–Kier alpha value is -3.66. The van der Waals surface area contributed by atoms with E-state index < -0.39 is 0 Å². The highest BCUT2D eigenvalue weighted by atomic mass is 16.3. The van der Waals surface area contributed by atoms with E-state index in [2.05, 4.69) is 4.99 Å². The van der Waals surface area contributed by atoms with E-state index in [1.54, 1.807) is 12.3 Å². The lowest BCUT2D eigenvalue weighted by atomic mass is 10.1. The number of benzene rings is 3. The second-order valence-corrected chi connectivity index (χ2v) is 6.62. The number of aromatic hydroxyl groups is 1. The van der Waals surface area contributed by atoms with Crippen molar-refractivity contribution in [2.24, 2.45) is 4.99 Å². The van der Waals surface area contributed by atoms with Gasteiger partial charge in [0, 0.05) is 17.0 Å². The van der Waals surface area contributed by atoms with Crippen molar-refractivity contribution in [2.45, 2.75) is 13.1 Å². The first-order chi connectivity index (χ1) is 13.7. The van der Waals surface area contributed by atoms with Crippen LogP contribution in [0, 0.1) is 0 Å². The first-order valence-corrected chi connectivity index (χ1v) is 9.16. The summed E-state index contributed by atoms with van der Waals surface area (Å²) in [7, 11) is 0. The van der Waals surface area contributed by atoms with Crippen LogP contribution in [0.25, 0.3) is 10.8 Å². The van der Waals surface area contributed by atoms with Crippen molar-refractivity contribution in [1.29, 1.82) is 0 Å². The standard InChI is InChI=1S/C24H20N2O2/c27-23-21-14-8-7-13-20(21)22(16-25-15-18-9-3-1-4-10-18)24(28)26(23)17-19-11-5-2-6-12-19/h1-14,16,28H,15,17H2. The monoisotopic (exact) mass is 368 g/mol. The largest absolute Gasteiger partial charge is 0.494 e. The first-order valence-electron chi connectivity index (χ1n) is 9.16. The predicted octanol–water partition coefficient (Wildman–Crippen LogP) is 4.37. The van der Waals surface area contributed by atoms with Gasteiger partial charge in [0.15, 0.2) is 0 Å². The van der Waals surface area contributed by atoms with Crippen molar-refractivity contribution in [2.75, 3.05) is 0 Å². The number of aliphatic imine (C=N–C) groups is 1. The fraction of sp³-hybridized carbons (Fsp3) is 0.0833. The Morgan fingerprint density at radius 1 is 0.786 bits per heavy atom. The van der Waals surface area contributed by atoms with Crippen LogP contribution in [0.2, 0.25) is 0 Å². The van der Waals surface area contributed by atoms with Crippen LogP contribution in [0.4, 0.5) is 0 Å².